The monoisotopic (exact) mass is 483 g/mol. The van der Waals surface area contributed by atoms with Crippen LogP contribution < -0.4 is 4.74 Å². The van der Waals surface area contributed by atoms with Gasteiger partial charge in [-0.25, -0.2) is 0 Å². The molecular formula is C23H19Cl2N5O3. The van der Waals surface area contributed by atoms with Crippen LogP contribution >= 0.6 is 23.2 Å². The molecule has 0 bridgehead atoms. The lowest BCUT2D eigenvalue weighted by Gasteiger charge is -2.07. The number of hydrogen-bond acceptors (Lipinski definition) is 7. The first-order valence-corrected chi connectivity index (χ1v) is 10.6. The number of halogens is 2. The van der Waals surface area contributed by atoms with E-state index in [1.165, 1.54) is 4.68 Å². The summed E-state index contributed by atoms with van der Waals surface area (Å²) in [4.78, 5) is 13.5. The van der Waals surface area contributed by atoms with Gasteiger partial charge in [0.2, 0.25) is 0 Å². The Morgan fingerprint density at radius 2 is 1.70 bits per heavy atom. The van der Waals surface area contributed by atoms with Gasteiger partial charge in [0.1, 0.15) is 28.5 Å². The lowest BCUT2D eigenvalue weighted by Crippen LogP contribution is -2.16. The van der Waals surface area contributed by atoms with Crippen molar-refractivity contribution >= 4 is 40.5 Å². The summed E-state index contributed by atoms with van der Waals surface area (Å²) in [5, 5.41) is 17.7. The summed E-state index contributed by atoms with van der Waals surface area (Å²) < 4.78 is 11.7. The van der Waals surface area contributed by atoms with Gasteiger partial charge in [-0.2, -0.15) is 14.9 Å². The standard InChI is InChI=1S/C23H19Cl2N5O3/c1-12-21(27-26-15-8-10-16(32-4)11-9-15)13(2)30(28-12)23(31)19-14(3)33-29-22(19)20-17(24)6-5-7-18(20)25/h5-11H,1-4H3. The highest BCUT2D eigenvalue weighted by atomic mass is 35.5. The van der Waals surface area contributed by atoms with Crippen molar-refractivity contribution in [2.24, 2.45) is 10.2 Å². The molecule has 0 atom stereocenters. The summed E-state index contributed by atoms with van der Waals surface area (Å²) in [5.74, 6) is 0.601. The van der Waals surface area contributed by atoms with Crippen molar-refractivity contribution in [1.29, 1.82) is 0 Å². The summed E-state index contributed by atoms with van der Waals surface area (Å²) in [6, 6.07) is 12.2. The van der Waals surface area contributed by atoms with Gasteiger partial charge < -0.3 is 9.26 Å². The average Bonchev–Trinajstić information content (AvgIpc) is 3.31. The molecule has 0 amide bonds. The van der Waals surface area contributed by atoms with Gasteiger partial charge in [0.15, 0.2) is 0 Å². The minimum Gasteiger partial charge on any atom is -0.497 e. The van der Waals surface area contributed by atoms with E-state index in [1.54, 1.807) is 70.3 Å². The molecule has 0 aliphatic heterocycles. The molecule has 4 rings (SSSR count). The quantitative estimate of drug-likeness (QED) is 0.288. The lowest BCUT2D eigenvalue weighted by molar-refractivity contribution is 0.0941. The van der Waals surface area contributed by atoms with Crippen LogP contribution in [0.3, 0.4) is 0 Å². The number of aromatic nitrogens is 3. The number of rotatable bonds is 5. The van der Waals surface area contributed by atoms with Gasteiger partial charge in [-0.05, 0) is 57.2 Å². The summed E-state index contributed by atoms with van der Waals surface area (Å²) in [7, 11) is 1.59. The summed E-state index contributed by atoms with van der Waals surface area (Å²) in [5.41, 5.74) is 3.08. The van der Waals surface area contributed by atoms with Crippen LogP contribution in [0, 0.1) is 20.8 Å². The molecule has 0 aliphatic carbocycles. The molecule has 0 N–H and O–H groups in total. The molecule has 0 saturated carbocycles. The van der Waals surface area contributed by atoms with Crippen molar-refractivity contribution in [2.45, 2.75) is 20.8 Å². The van der Waals surface area contributed by atoms with E-state index in [2.05, 4.69) is 20.5 Å². The Bertz CT molecular complexity index is 1350. The Labute approximate surface area is 199 Å². The van der Waals surface area contributed by atoms with E-state index in [0.717, 1.165) is 5.75 Å². The lowest BCUT2D eigenvalue weighted by atomic mass is 10.1. The van der Waals surface area contributed by atoms with Crippen LogP contribution in [0.2, 0.25) is 10.0 Å². The highest BCUT2D eigenvalue weighted by Crippen LogP contribution is 2.37. The third-order valence-corrected chi connectivity index (χ3v) is 5.69. The van der Waals surface area contributed by atoms with Crippen LogP contribution in [0.1, 0.15) is 27.5 Å². The number of nitrogens with zero attached hydrogens (tertiary/aromatic N) is 5. The van der Waals surface area contributed by atoms with Crippen molar-refractivity contribution in [3.63, 3.8) is 0 Å². The Morgan fingerprint density at radius 3 is 2.33 bits per heavy atom. The van der Waals surface area contributed by atoms with E-state index < -0.39 is 5.91 Å². The molecule has 8 nitrogen and oxygen atoms in total. The maximum absolute atomic E-state index is 13.5. The van der Waals surface area contributed by atoms with Gasteiger partial charge in [0, 0.05) is 5.56 Å². The zero-order valence-corrected chi connectivity index (χ0v) is 19.8. The van der Waals surface area contributed by atoms with Crippen molar-refractivity contribution in [1.82, 2.24) is 14.9 Å². The smallest absolute Gasteiger partial charge is 0.284 e. The van der Waals surface area contributed by atoms with Crippen molar-refractivity contribution in [2.75, 3.05) is 7.11 Å². The molecule has 0 saturated heterocycles. The van der Waals surface area contributed by atoms with Gasteiger partial charge >= 0.3 is 0 Å². The Balaban J connectivity index is 1.73. The number of methoxy groups -OCH3 is 1. The van der Waals surface area contributed by atoms with Crippen LogP contribution in [0.25, 0.3) is 11.3 Å². The fourth-order valence-corrected chi connectivity index (χ4v) is 3.93. The van der Waals surface area contributed by atoms with E-state index >= 15 is 0 Å². The first-order valence-electron chi connectivity index (χ1n) is 9.89. The van der Waals surface area contributed by atoms with Crippen LogP contribution in [0.5, 0.6) is 5.75 Å². The second kappa shape index (κ2) is 9.17. The zero-order valence-electron chi connectivity index (χ0n) is 18.3. The molecule has 33 heavy (non-hydrogen) atoms. The zero-order chi connectivity index (χ0) is 23.7. The number of aryl methyl sites for hydroxylation is 2. The Kier molecular flexibility index (Phi) is 6.31. The fourth-order valence-electron chi connectivity index (χ4n) is 3.36. The molecular weight excluding hydrogens is 465 g/mol. The van der Waals surface area contributed by atoms with E-state index in [4.69, 9.17) is 32.5 Å². The summed E-state index contributed by atoms with van der Waals surface area (Å²) >= 11 is 12.7. The van der Waals surface area contributed by atoms with Gasteiger partial charge in [0.05, 0.1) is 34.2 Å². The maximum Gasteiger partial charge on any atom is 0.284 e. The molecule has 2 heterocycles. The van der Waals surface area contributed by atoms with Crippen molar-refractivity contribution in [3.05, 3.63) is 75.2 Å². The highest BCUT2D eigenvalue weighted by molar-refractivity contribution is 6.39. The van der Waals surface area contributed by atoms with Crippen LogP contribution in [-0.2, 0) is 0 Å². The highest BCUT2D eigenvalue weighted by Gasteiger charge is 2.28. The molecule has 0 spiro atoms. The predicted octanol–water partition coefficient (Wildman–Crippen LogP) is 6.88. The molecule has 10 heteroatoms. The normalized spacial score (nSPS) is 11.3. The largest absolute Gasteiger partial charge is 0.497 e. The molecule has 4 aromatic rings. The van der Waals surface area contributed by atoms with E-state index in [-0.39, 0.29) is 11.3 Å². The van der Waals surface area contributed by atoms with Crippen LogP contribution in [0.15, 0.2) is 57.2 Å². The molecule has 0 aliphatic rings. The number of ether oxygens (including phenoxy) is 1. The number of benzene rings is 2. The Hall–Kier alpha value is -3.49. The first kappa shape index (κ1) is 22.7. The maximum atomic E-state index is 13.5. The third kappa shape index (κ3) is 4.27. The first-order chi connectivity index (χ1) is 15.8. The summed E-state index contributed by atoms with van der Waals surface area (Å²) in [6.07, 6.45) is 0. The second-order valence-electron chi connectivity index (χ2n) is 7.19. The molecule has 2 aromatic heterocycles. The van der Waals surface area contributed by atoms with Crippen molar-refractivity contribution < 1.29 is 14.1 Å². The topological polar surface area (TPSA) is 94.9 Å². The van der Waals surface area contributed by atoms with Gasteiger partial charge in [-0.15, -0.1) is 5.11 Å². The van der Waals surface area contributed by atoms with Crippen LogP contribution in [-0.4, -0.2) is 28.0 Å². The van der Waals surface area contributed by atoms with Crippen LogP contribution in [0.4, 0.5) is 11.4 Å². The molecule has 2 aromatic carbocycles. The molecule has 0 radical (unpaired) electrons. The fraction of sp³-hybridized carbons (Fsp3) is 0.174. The van der Waals surface area contributed by atoms with E-state index in [9.17, 15) is 4.79 Å². The van der Waals surface area contributed by atoms with Gasteiger partial charge in [0.25, 0.3) is 5.91 Å². The number of azo groups is 1. The van der Waals surface area contributed by atoms with Gasteiger partial charge in [-0.1, -0.05) is 34.4 Å². The second-order valence-corrected chi connectivity index (χ2v) is 8.01. The van der Waals surface area contributed by atoms with E-state index in [0.29, 0.717) is 44.1 Å². The number of carbonyl (C=O) groups is 1. The number of hydrogen-bond donors (Lipinski definition) is 0. The number of carbonyl (C=O) groups excluding carboxylic acids is 1. The third-order valence-electron chi connectivity index (χ3n) is 5.06. The SMILES string of the molecule is COc1ccc(N=Nc2c(C)nn(C(=O)c3c(-c4c(Cl)cccc4Cl)noc3C)c2C)cc1. The minimum atomic E-state index is -0.439. The Morgan fingerprint density at radius 1 is 1.03 bits per heavy atom. The molecule has 0 fully saturated rings. The molecule has 168 valence electrons. The average molecular weight is 484 g/mol. The minimum absolute atomic E-state index is 0.217. The van der Waals surface area contributed by atoms with Crippen molar-refractivity contribution in [3.8, 4) is 17.0 Å². The molecule has 0 unspecified atom stereocenters. The van der Waals surface area contributed by atoms with E-state index in [1.807, 2.05) is 0 Å². The summed E-state index contributed by atoms with van der Waals surface area (Å²) in [6.45, 7) is 5.14. The predicted molar refractivity (Wildman–Crippen MR) is 125 cm³/mol. The van der Waals surface area contributed by atoms with Gasteiger partial charge in [-0.3, -0.25) is 4.79 Å².